The summed E-state index contributed by atoms with van der Waals surface area (Å²) in [5.74, 6) is -2.93. The van der Waals surface area contributed by atoms with Gasteiger partial charge in [-0.3, -0.25) is 0 Å². The molecular formula is C29H36F2N2O6. The fourth-order valence-electron chi connectivity index (χ4n) is 5.36. The van der Waals surface area contributed by atoms with Gasteiger partial charge in [0.25, 0.3) is 5.92 Å². The molecule has 0 radical (unpaired) electrons. The van der Waals surface area contributed by atoms with Crippen LogP contribution in [0.2, 0.25) is 0 Å². The highest BCUT2D eigenvalue weighted by atomic mass is 19.3. The minimum Gasteiger partial charge on any atom is -0.496 e. The first kappa shape index (κ1) is 28.6. The van der Waals surface area contributed by atoms with Crippen molar-refractivity contribution in [2.24, 2.45) is 0 Å². The predicted molar refractivity (Wildman–Crippen MR) is 141 cm³/mol. The van der Waals surface area contributed by atoms with E-state index >= 15 is 0 Å². The Labute approximate surface area is 227 Å². The number of amides is 2. The molecule has 2 aliphatic carbocycles. The lowest BCUT2D eigenvalue weighted by atomic mass is 9.73. The van der Waals surface area contributed by atoms with E-state index in [0.29, 0.717) is 24.0 Å². The molecule has 2 aromatic rings. The van der Waals surface area contributed by atoms with E-state index in [2.05, 4.69) is 5.32 Å². The van der Waals surface area contributed by atoms with Crippen molar-refractivity contribution in [3.63, 3.8) is 0 Å². The normalized spacial score (nSPS) is 18.0. The van der Waals surface area contributed by atoms with E-state index in [1.165, 1.54) is 4.90 Å². The summed E-state index contributed by atoms with van der Waals surface area (Å²) in [6.45, 7) is 4.28. The van der Waals surface area contributed by atoms with E-state index < -0.39 is 42.3 Å². The fourth-order valence-corrected chi connectivity index (χ4v) is 5.36. The molecule has 1 atom stereocenters. The number of urea groups is 1. The van der Waals surface area contributed by atoms with Crippen molar-refractivity contribution < 1.29 is 37.7 Å². The molecular weight excluding hydrogens is 510 g/mol. The number of carboxylic acids is 1. The number of carbonyl (C=O) groups excluding carboxylic acids is 1. The number of carboxylic acid groups (broad SMARTS) is 1. The number of hydrogen-bond acceptors (Lipinski definition) is 5. The summed E-state index contributed by atoms with van der Waals surface area (Å²) < 4.78 is 44.7. The number of halogens is 2. The van der Waals surface area contributed by atoms with Gasteiger partial charge in [-0.25, -0.2) is 18.4 Å². The van der Waals surface area contributed by atoms with E-state index in [4.69, 9.17) is 14.2 Å². The quantitative estimate of drug-likeness (QED) is 0.345. The zero-order chi connectivity index (χ0) is 28.4. The molecule has 2 aromatic carbocycles. The van der Waals surface area contributed by atoms with E-state index in [9.17, 15) is 23.5 Å². The van der Waals surface area contributed by atoms with Crippen LogP contribution >= 0.6 is 0 Å². The van der Waals surface area contributed by atoms with Crippen molar-refractivity contribution in [3.8, 4) is 11.5 Å². The number of methoxy groups -OCH3 is 2. The average Bonchev–Trinajstić information content (AvgIpc) is 3.72. The van der Waals surface area contributed by atoms with Gasteiger partial charge >= 0.3 is 12.0 Å². The van der Waals surface area contributed by atoms with Crippen molar-refractivity contribution in [2.45, 2.75) is 69.6 Å². The second-order valence-corrected chi connectivity index (χ2v) is 10.4. The minimum absolute atomic E-state index is 0.0976. The number of rotatable bonds is 12. The smallest absolute Gasteiger partial charge is 0.329 e. The Kier molecular flexibility index (Phi) is 8.34. The Balaban J connectivity index is 1.60. The molecule has 0 heterocycles. The number of nitrogens with one attached hydrogen (secondary N) is 1. The largest absolute Gasteiger partial charge is 0.496 e. The lowest BCUT2D eigenvalue weighted by molar-refractivity contribution is -0.175. The first-order chi connectivity index (χ1) is 18.5. The standard InChI is InChI=1S/C29H36F2N2O6/c1-18-22(14-23(37-3)24(21-10-11-21)25(18)38-4)19(2)33(12-13-39-15-20-8-6-5-7-9-20)27(36)32-28(26(34)35)16-29(30,31)17-28/h5-9,14,19,21H,10-13,15-17H2,1-4H3,(H,32,36)(H,34,35)/t19-/m1/s1. The molecule has 2 N–H and O–H groups in total. The third kappa shape index (κ3) is 6.11. The van der Waals surface area contributed by atoms with Gasteiger partial charge in [-0.15, -0.1) is 0 Å². The highest BCUT2D eigenvalue weighted by molar-refractivity contribution is 5.88. The zero-order valence-corrected chi connectivity index (χ0v) is 22.8. The molecule has 2 saturated carbocycles. The molecule has 2 amide bonds. The van der Waals surface area contributed by atoms with Crippen LogP contribution in [0.5, 0.6) is 11.5 Å². The lowest BCUT2D eigenvalue weighted by Crippen LogP contribution is -2.68. The molecule has 39 heavy (non-hydrogen) atoms. The van der Waals surface area contributed by atoms with E-state index in [1.807, 2.05) is 43.3 Å². The molecule has 8 nitrogen and oxygen atoms in total. The van der Waals surface area contributed by atoms with Crippen LogP contribution < -0.4 is 14.8 Å². The molecule has 4 rings (SSSR count). The second kappa shape index (κ2) is 11.4. The summed E-state index contributed by atoms with van der Waals surface area (Å²) in [6, 6.07) is 10.1. The van der Waals surface area contributed by atoms with Crippen LogP contribution in [0.25, 0.3) is 0 Å². The monoisotopic (exact) mass is 546 g/mol. The van der Waals surface area contributed by atoms with Gasteiger partial charge in [-0.2, -0.15) is 0 Å². The summed E-state index contributed by atoms with van der Waals surface area (Å²) in [5.41, 5.74) is 1.51. The SMILES string of the molecule is COc1cc([C@@H](C)N(CCOCc2ccccc2)C(=O)NC2(C(=O)O)CC(F)(F)C2)c(C)c(OC)c1C1CC1. The van der Waals surface area contributed by atoms with Gasteiger partial charge in [0.05, 0.1) is 33.5 Å². The van der Waals surface area contributed by atoms with E-state index in [1.54, 1.807) is 21.1 Å². The number of carbonyl (C=O) groups is 2. The predicted octanol–water partition coefficient (Wildman–Crippen LogP) is 5.43. The van der Waals surface area contributed by atoms with Crippen LogP contribution in [0.15, 0.2) is 36.4 Å². The van der Waals surface area contributed by atoms with Crippen LogP contribution in [0.4, 0.5) is 13.6 Å². The maximum absolute atomic E-state index is 13.7. The molecule has 2 fully saturated rings. The Hall–Kier alpha value is -3.40. The van der Waals surface area contributed by atoms with E-state index in [-0.39, 0.29) is 13.2 Å². The number of hydrogen-bond donors (Lipinski definition) is 2. The lowest BCUT2D eigenvalue weighted by Gasteiger charge is -2.45. The maximum Gasteiger partial charge on any atom is 0.329 e. The molecule has 10 heteroatoms. The van der Waals surface area contributed by atoms with Crippen LogP contribution in [0, 0.1) is 6.92 Å². The second-order valence-electron chi connectivity index (χ2n) is 10.4. The maximum atomic E-state index is 13.7. The first-order valence-electron chi connectivity index (χ1n) is 13.1. The third-order valence-electron chi connectivity index (χ3n) is 7.62. The van der Waals surface area contributed by atoms with Crippen molar-refractivity contribution >= 4 is 12.0 Å². The number of nitrogens with zero attached hydrogens (tertiary/aromatic N) is 1. The highest BCUT2D eigenvalue weighted by Crippen LogP contribution is 2.51. The van der Waals surface area contributed by atoms with Crippen LogP contribution in [-0.4, -0.2) is 60.8 Å². The zero-order valence-electron chi connectivity index (χ0n) is 22.8. The van der Waals surface area contributed by atoms with Gasteiger partial charge in [0, 0.05) is 24.9 Å². The summed E-state index contributed by atoms with van der Waals surface area (Å²) in [7, 11) is 3.18. The number of benzene rings is 2. The Morgan fingerprint density at radius 3 is 2.36 bits per heavy atom. The van der Waals surface area contributed by atoms with Gasteiger partial charge in [0.2, 0.25) is 0 Å². The molecule has 0 bridgehead atoms. The Morgan fingerprint density at radius 2 is 1.82 bits per heavy atom. The summed E-state index contributed by atoms with van der Waals surface area (Å²) in [5, 5.41) is 12.1. The van der Waals surface area contributed by atoms with Gasteiger partial charge in [-0.05, 0) is 55.4 Å². The summed E-state index contributed by atoms with van der Waals surface area (Å²) in [6.07, 6.45) is 0.168. The number of alkyl halides is 2. The number of ether oxygens (including phenoxy) is 3. The highest BCUT2D eigenvalue weighted by Gasteiger charge is 2.62. The molecule has 2 aliphatic rings. The minimum atomic E-state index is -3.14. The van der Waals surface area contributed by atoms with Gasteiger partial charge < -0.3 is 29.5 Å². The molecule has 0 aliphatic heterocycles. The first-order valence-corrected chi connectivity index (χ1v) is 13.1. The average molecular weight is 547 g/mol. The van der Waals surface area contributed by atoms with Crippen molar-refractivity contribution in [1.82, 2.24) is 10.2 Å². The third-order valence-corrected chi connectivity index (χ3v) is 7.62. The summed E-state index contributed by atoms with van der Waals surface area (Å²) >= 11 is 0. The Morgan fingerprint density at radius 1 is 1.15 bits per heavy atom. The van der Waals surface area contributed by atoms with Crippen molar-refractivity contribution in [2.75, 3.05) is 27.4 Å². The molecule has 0 aromatic heterocycles. The topological polar surface area (TPSA) is 97.3 Å². The summed E-state index contributed by atoms with van der Waals surface area (Å²) in [4.78, 5) is 26.9. The van der Waals surface area contributed by atoms with Crippen LogP contribution in [-0.2, 0) is 16.1 Å². The van der Waals surface area contributed by atoms with Crippen molar-refractivity contribution in [3.05, 3.63) is 58.7 Å². The van der Waals surface area contributed by atoms with Gasteiger partial charge in [0.1, 0.15) is 11.5 Å². The molecule has 0 saturated heterocycles. The molecule has 0 spiro atoms. The van der Waals surface area contributed by atoms with Crippen LogP contribution in [0.3, 0.4) is 0 Å². The molecule has 212 valence electrons. The molecule has 0 unspecified atom stereocenters. The number of aliphatic carboxylic acids is 1. The van der Waals surface area contributed by atoms with E-state index in [0.717, 1.165) is 35.1 Å². The fraction of sp³-hybridized carbons (Fsp3) is 0.517. The Bertz CT molecular complexity index is 1190. The van der Waals surface area contributed by atoms with Gasteiger partial charge in [-0.1, -0.05) is 30.3 Å². The van der Waals surface area contributed by atoms with Crippen molar-refractivity contribution in [1.29, 1.82) is 0 Å². The van der Waals surface area contributed by atoms with Gasteiger partial charge in [0.15, 0.2) is 5.54 Å². The van der Waals surface area contributed by atoms with Crippen LogP contribution in [0.1, 0.15) is 66.8 Å².